The molecule has 0 aliphatic carbocycles. The van der Waals surface area contributed by atoms with Crippen molar-refractivity contribution in [3.05, 3.63) is 36.2 Å². The first-order valence-corrected chi connectivity index (χ1v) is 7.03. The van der Waals surface area contributed by atoms with Gasteiger partial charge in [0.25, 0.3) is 0 Å². The monoisotopic (exact) mass is 286 g/mol. The lowest BCUT2D eigenvalue weighted by Crippen LogP contribution is -2.49. The number of aryl methyl sites for hydroxylation is 1. The summed E-state index contributed by atoms with van der Waals surface area (Å²) in [6.07, 6.45) is 1.46. The average molecular weight is 286 g/mol. The first kappa shape index (κ1) is 13.5. The van der Waals surface area contributed by atoms with Crippen molar-refractivity contribution in [3.63, 3.8) is 0 Å². The van der Waals surface area contributed by atoms with Crippen LogP contribution in [0.25, 0.3) is 0 Å². The van der Waals surface area contributed by atoms with Gasteiger partial charge in [-0.25, -0.2) is 4.68 Å². The maximum atomic E-state index is 12.2. The largest absolute Gasteiger partial charge is 0.368 e. The third-order valence-corrected chi connectivity index (χ3v) is 3.78. The number of amides is 1. The summed E-state index contributed by atoms with van der Waals surface area (Å²) in [6, 6.07) is 8.35. The average Bonchev–Trinajstić information content (AvgIpc) is 3.01. The first-order chi connectivity index (χ1) is 10.2. The Hall–Kier alpha value is -2.44. The van der Waals surface area contributed by atoms with E-state index in [0.29, 0.717) is 0 Å². The van der Waals surface area contributed by atoms with Crippen LogP contribution in [0, 0.1) is 6.92 Å². The molecule has 2 heterocycles. The summed E-state index contributed by atoms with van der Waals surface area (Å²) in [6.45, 7) is 5.49. The molecule has 1 aliphatic heterocycles. The zero-order valence-corrected chi connectivity index (χ0v) is 12.0. The van der Waals surface area contributed by atoms with Crippen molar-refractivity contribution < 1.29 is 4.79 Å². The summed E-state index contributed by atoms with van der Waals surface area (Å²) >= 11 is 0. The molecule has 1 amide bonds. The van der Waals surface area contributed by atoms with Gasteiger partial charge in [0.05, 0.1) is 0 Å². The van der Waals surface area contributed by atoms with E-state index < -0.39 is 0 Å². The van der Waals surface area contributed by atoms with Crippen LogP contribution in [0.4, 0.5) is 5.69 Å². The Labute approximate surface area is 123 Å². The third kappa shape index (κ3) is 3.01. The van der Waals surface area contributed by atoms with E-state index in [2.05, 4.69) is 45.5 Å². The number of rotatable bonds is 3. The summed E-state index contributed by atoms with van der Waals surface area (Å²) in [5, 5.41) is 10.8. The second-order valence-electron chi connectivity index (χ2n) is 5.16. The molecule has 0 spiro atoms. The minimum Gasteiger partial charge on any atom is -0.368 e. The highest BCUT2D eigenvalue weighted by Crippen LogP contribution is 2.20. The standard InChI is InChI=1S/C14H18N6O/c1-12-4-2-3-5-13(12)18-6-8-19(9-7-18)14(21)10-20-11-15-16-17-20/h2-5,11H,6-10H2,1H3. The topological polar surface area (TPSA) is 67.2 Å². The lowest BCUT2D eigenvalue weighted by molar-refractivity contribution is -0.132. The van der Waals surface area contributed by atoms with Gasteiger partial charge < -0.3 is 9.80 Å². The predicted octanol–water partition coefficient (Wildman–Crippen LogP) is 0.330. The molecule has 1 fully saturated rings. The predicted molar refractivity (Wildman–Crippen MR) is 77.8 cm³/mol. The van der Waals surface area contributed by atoms with Crippen LogP contribution >= 0.6 is 0 Å². The molecule has 110 valence electrons. The molecule has 0 unspecified atom stereocenters. The summed E-state index contributed by atoms with van der Waals surface area (Å²) < 4.78 is 1.45. The van der Waals surface area contributed by atoms with E-state index >= 15 is 0 Å². The number of para-hydroxylation sites is 1. The molecule has 1 aromatic carbocycles. The molecule has 0 radical (unpaired) electrons. The molecule has 21 heavy (non-hydrogen) atoms. The Bertz CT molecular complexity index is 604. The van der Waals surface area contributed by atoms with Crippen molar-refractivity contribution in [2.75, 3.05) is 31.1 Å². The van der Waals surface area contributed by atoms with Gasteiger partial charge in [-0.1, -0.05) is 18.2 Å². The van der Waals surface area contributed by atoms with E-state index in [-0.39, 0.29) is 12.5 Å². The van der Waals surface area contributed by atoms with Crippen LogP contribution in [0.15, 0.2) is 30.6 Å². The zero-order valence-electron chi connectivity index (χ0n) is 12.0. The Morgan fingerprint density at radius 3 is 2.62 bits per heavy atom. The smallest absolute Gasteiger partial charge is 0.244 e. The third-order valence-electron chi connectivity index (χ3n) is 3.78. The van der Waals surface area contributed by atoms with Crippen molar-refractivity contribution in [3.8, 4) is 0 Å². The van der Waals surface area contributed by atoms with Gasteiger partial charge >= 0.3 is 0 Å². The van der Waals surface area contributed by atoms with Crippen LogP contribution in [0.3, 0.4) is 0 Å². The maximum Gasteiger partial charge on any atom is 0.244 e. The Morgan fingerprint density at radius 1 is 1.19 bits per heavy atom. The molecule has 0 N–H and O–H groups in total. The number of tetrazole rings is 1. The van der Waals surface area contributed by atoms with Gasteiger partial charge in [0.2, 0.25) is 5.91 Å². The van der Waals surface area contributed by atoms with Crippen molar-refractivity contribution in [2.45, 2.75) is 13.5 Å². The first-order valence-electron chi connectivity index (χ1n) is 7.03. The number of carbonyl (C=O) groups excluding carboxylic acids is 1. The quantitative estimate of drug-likeness (QED) is 0.813. The maximum absolute atomic E-state index is 12.2. The van der Waals surface area contributed by atoms with E-state index in [0.717, 1.165) is 26.2 Å². The Kier molecular flexibility index (Phi) is 3.81. The highest BCUT2D eigenvalue weighted by Gasteiger charge is 2.22. The fraction of sp³-hybridized carbons (Fsp3) is 0.429. The molecule has 7 heteroatoms. The van der Waals surface area contributed by atoms with Gasteiger partial charge in [-0.2, -0.15) is 0 Å². The number of hydrogen-bond acceptors (Lipinski definition) is 5. The summed E-state index contributed by atoms with van der Waals surface area (Å²) in [7, 11) is 0. The Balaban J connectivity index is 1.58. The van der Waals surface area contributed by atoms with Crippen LogP contribution in [-0.4, -0.2) is 57.2 Å². The summed E-state index contributed by atoms with van der Waals surface area (Å²) in [4.78, 5) is 16.4. The van der Waals surface area contributed by atoms with Crippen molar-refractivity contribution >= 4 is 11.6 Å². The second-order valence-corrected chi connectivity index (χ2v) is 5.16. The number of nitrogens with zero attached hydrogens (tertiary/aromatic N) is 6. The number of hydrogen-bond donors (Lipinski definition) is 0. The molecular weight excluding hydrogens is 268 g/mol. The molecule has 7 nitrogen and oxygen atoms in total. The minimum atomic E-state index is 0.0618. The van der Waals surface area contributed by atoms with Crippen LogP contribution in [0.1, 0.15) is 5.56 Å². The SMILES string of the molecule is Cc1ccccc1N1CCN(C(=O)Cn2cnnn2)CC1. The van der Waals surface area contributed by atoms with E-state index in [1.54, 1.807) is 0 Å². The zero-order chi connectivity index (χ0) is 14.7. The van der Waals surface area contributed by atoms with Crippen LogP contribution < -0.4 is 4.90 Å². The van der Waals surface area contributed by atoms with Crippen LogP contribution in [0.2, 0.25) is 0 Å². The van der Waals surface area contributed by atoms with Crippen molar-refractivity contribution in [2.24, 2.45) is 0 Å². The fourth-order valence-electron chi connectivity index (χ4n) is 2.61. The van der Waals surface area contributed by atoms with Gasteiger partial charge in [-0.15, -0.1) is 5.10 Å². The lowest BCUT2D eigenvalue weighted by atomic mass is 10.1. The highest BCUT2D eigenvalue weighted by atomic mass is 16.2. The van der Waals surface area contributed by atoms with E-state index in [1.807, 2.05) is 11.0 Å². The normalized spacial score (nSPS) is 15.3. The lowest BCUT2D eigenvalue weighted by Gasteiger charge is -2.36. The molecule has 3 rings (SSSR count). The van der Waals surface area contributed by atoms with Crippen LogP contribution in [0.5, 0.6) is 0 Å². The highest BCUT2D eigenvalue weighted by molar-refractivity contribution is 5.76. The number of anilines is 1. The number of benzene rings is 1. The number of aromatic nitrogens is 4. The molecule has 2 aromatic rings. The summed E-state index contributed by atoms with van der Waals surface area (Å²) in [5.41, 5.74) is 2.52. The van der Waals surface area contributed by atoms with Crippen LogP contribution in [-0.2, 0) is 11.3 Å². The number of carbonyl (C=O) groups is 1. The van der Waals surface area contributed by atoms with Gasteiger partial charge in [-0.05, 0) is 29.0 Å². The van der Waals surface area contributed by atoms with E-state index in [4.69, 9.17) is 0 Å². The van der Waals surface area contributed by atoms with E-state index in [1.165, 1.54) is 22.3 Å². The molecule has 1 saturated heterocycles. The van der Waals surface area contributed by atoms with Crippen molar-refractivity contribution in [1.29, 1.82) is 0 Å². The van der Waals surface area contributed by atoms with Gasteiger partial charge in [0.1, 0.15) is 12.9 Å². The summed E-state index contributed by atoms with van der Waals surface area (Å²) in [5.74, 6) is 0.0618. The van der Waals surface area contributed by atoms with Crippen molar-refractivity contribution in [1.82, 2.24) is 25.1 Å². The Morgan fingerprint density at radius 2 is 1.95 bits per heavy atom. The fourth-order valence-corrected chi connectivity index (χ4v) is 2.61. The minimum absolute atomic E-state index is 0.0618. The van der Waals surface area contributed by atoms with Gasteiger partial charge in [0.15, 0.2) is 0 Å². The second kappa shape index (κ2) is 5.90. The number of piperazine rings is 1. The van der Waals surface area contributed by atoms with E-state index in [9.17, 15) is 4.79 Å². The molecule has 1 aromatic heterocycles. The molecular formula is C14H18N6O. The molecule has 0 saturated carbocycles. The molecule has 0 atom stereocenters. The molecule has 1 aliphatic rings. The van der Waals surface area contributed by atoms with Gasteiger partial charge in [-0.3, -0.25) is 4.79 Å². The van der Waals surface area contributed by atoms with Gasteiger partial charge in [0, 0.05) is 31.9 Å². The molecule has 0 bridgehead atoms.